The number of aryl methyl sites for hydroxylation is 1. The van der Waals surface area contributed by atoms with Gasteiger partial charge < -0.3 is 20.5 Å². The van der Waals surface area contributed by atoms with E-state index in [0.29, 0.717) is 30.0 Å². The standard InChI is InChI=1S/C17H20FN9/c1-10(15-20-5-11(18)6-21-15)23-17-24-13-3-4-19-7-12(13)16(26-17)25-14-8-27(2)9-22-14/h5-6,8-10,19H,3-4,7H2,1-2H3,(H2,23,24,25,26)/t10-/m0/s1. The van der Waals surface area contributed by atoms with Crippen molar-refractivity contribution in [2.45, 2.75) is 25.9 Å². The van der Waals surface area contributed by atoms with E-state index in [4.69, 9.17) is 0 Å². The Hall–Kier alpha value is -3.14. The van der Waals surface area contributed by atoms with Gasteiger partial charge in [-0.2, -0.15) is 4.98 Å². The van der Waals surface area contributed by atoms with Crippen LogP contribution in [0.25, 0.3) is 0 Å². The van der Waals surface area contributed by atoms with Gasteiger partial charge in [0, 0.05) is 38.3 Å². The van der Waals surface area contributed by atoms with Gasteiger partial charge in [-0.05, 0) is 6.92 Å². The van der Waals surface area contributed by atoms with Crippen LogP contribution < -0.4 is 16.0 Å². The van der Waals surface area contributed by atoms with E-state index in [2.05, 4.69) is 40.9 Å². The van der Waals surface area contributed by atoms with Gasteiger partial charge in [0.15, 0.2) is 5.82 Å². The van der Waals surface area contributed by atoms with E-state index in [9.17, 15) is 4.39 Å². The maximum atomic E-state index is 13.0. The van der Waals surface area contributed by atoms with Gasteiger partial charge in [-0.25, -0.2) is 24.3 Å². The number of rotatable bonds is 5. The Morgan fingerprint density at radius 1 is 1.22 bits per heavy atom. The molecule has 0 spiro atoms. The Bertz CT molecular complexity index is 938. The van der Waals surface area contributed by atoms with Crippen molar-refractivity contribution < 1.29 is 4.39 Å². The van der Waals surface area contributed by atoms with Crippen molar-refractivity contribution in [3.8, 4) is 0 Å². The van der Waals surface area contributed by atoms with Gasteiger partial charge in [0.25, 0.3) is 0 Å². The smallest absolute Gasteiger partial charge is 0.225 e. The molecule has 0 fully saturated rings. The number of anilines is 3. The molecular formula is C17H20FN9. The number of aromatic nitrogens is 6. The SMILES string of the molecule is C[C@H](Nc1nc2c(c(Nc3cn(C)cn3)n1)CNCC2)c1ncc(F)cn1. The molecule has 0 bridgehead atoms. The minimum Gasteiger partial charge on any atom is -0.344 e. The molecule has 10 heteroatoms. The Morgan fingerprint density at radius 2 is 2.04 bits per heavy atom. The quantitative estimate of drug-likeness (QED) is 0.624. The predicted molar refractivity (Wildman–Crippen MR) is 98.0 cm³/mol. The zero-order valence-corrected chi connectivity index (χ0v) is 15.1. The van der Waals surface area contributed by atoms with Crippen LogP contribution in [0.2, 0.25) is 0 Å². The van der Waals surface area contributed by atoms with Crippen LogP contribution in [0.1, 0.15) is 30.0 Å². The van der Waals surface area contributed by atoms with Gasteiger partial charge in [0.05, 0.1) is 30.5 Å². The summed E-state index contributed by atoms with van der Waals surface area (Å²) in [4.78, 5) is 21.6. The molecule has 27 heavy (non-hydrogen) atoms. The van der Waals surface area contributed by atoms with Crippen LogP contribution in [0, 0.1) is 5.82 Å². The van der Waals surface area contributed by atoms with Crippen molar-refractivity contribution in [3.05, 3.63) is 47.8 Å². The number of hydrogen-bond acceptors (Lipinski definition) is 8. The maximum Gasteiger partial charge on any atom is 0.225 e. The summed E-state index contributed by atoms with van der Waals surface area (Å²) in [6.45, 7) is 3.44. The third-order valence-electron chi connectivity index (χ3n) is 4.26. The monoisotopic (exact) mass is 369 g/mol. The highest BCUT2D eigenvalue weighted by atomic mass is 19.1. The van der Waals surface area contributed by atoms with E-state index in [1.165, 1.54) is 0 Å². The zero-order valence-electron chi connectivity index (χ0n) is 15.1. The normalized spacial score (nSPS) is 14.5. The van der Waals surface area contributed by atoms with Crippen molar-refractivity contribution in [2.75, 3.05) is 17.2 Å². The number of halogens is 1. The number of imidazole rings is 1. The first-order chi connectivity index (χ1) is 13.1. The summed E-state index contributed by atoms with van der Waals surface area (Å²) in [6.07, 6.45) is 6.71. The first kappa shape index (κ1) is 17.3. The molecule has 3 N–H and O–H groups in total. The lowest BCUT2D eigenvalue weighted by molar-refractivity contribution is 0.604. The lowest BCUT2D eigenvalue weighted by Crippen LogP contribution is -2.27. The Balaban J connectivity index is 1.62. The molecule has 0 amide bonds. The topological polar surface area (TPSA) is 105 Å². The molecule has 4 heterocycles. The molecule has 3 aromatic rings. The third-order valence-corrected chi connectivity index (χ3v) is 4.26. The molecule has 0 radical (unpaired) electrons. The molecule has 0 saturated carbocycles. The van der Waals surface area contributed by atoms with Crippen molar-refractivity contribution in [1.82, 2.24) is 34.8 Å². The summed E-state index contributed by atoms with van der Waals surface area (Å²) in [6, 6.07) is -0.270. The Morgan fingerprint density at radius 3 is 2.78 bits per heavy atom. The number of nitrogens with one attached hydrogen (secondary N) is 3. The molecule has 0 aliphatic carbocycles. The van der Waals surface area contributed by atoms with Crippen LogP contribution in [-0.2, 0) is 20.0 Å². The second kappa shape index (κ2) is 7.23. The second-order valence-corrected chi connectivity index (χ2v) is 6.42. The average molecular weight is 369 g/mol. The molecule has 0 saturated heterocycles. The van der Waals surface area contributed by atoms with Gasteiger partial charge in [0.1, 0.15) is 17.5 Å². The highest BCUT2D eigenvalue weighted by Crippen LogP contribution is 2.25. The number of nitrogens with zero attached hydrogens (tertiary/aromatic N) is 6. The van der Waals surface area contributed by atoms with E-state index in [1.54, 1.807) is 6.33 Å². The van der Waals surface area contributed by atoms with Crippen LogP contribution in [0.3, 0.4) is 0 Å². The van der Waals surface area contributed by atoms with E-state index in [0.717, 1.165) is 36.6 Å². The van der Waals surface area contributed by atoms with Gasteiger partial charge in [-0.1, -0.05) is 0 Å². The minimum absolute atomic E-state index is 0.270. The molecule has 0 unspecified atom stereocenters. The van der Waals surface area contributed by atoms with E-state index < -0.39 is 5.82 Å². The highest BCUT2D eigenvalue weighted by Gasteiger charge is 2.19. The van der Waals surface area contributed by atoms with E-state index in [1.807, 2.05) is 24.7 Å². The lowest BCUT2D eigenvalue weighted by atomic mass is 10.1. The molecule has 4 rings (SSSR count). The molecule has 1 atom stereocenters. The molecule has 3 aromatic heterocycles. The molecule has 9 nitrogen and oxygen atoms in total. The van der Waals surface area contributed by atoms with Crippen LogP contribution in [0.5, 0.6) is 0 Å². The highest BCUT2D eigenvalue weighted by molar-refractivity contribution is 5.59. The lowest BCUT2D eigenvalue weighted by Gasteiger charge is -2.21. The molecule has 1 aliphatic rings. The fourth-order valence-electron chi connectivity index (χ4n) is 2.91. The first-order valence-electron chi connectivity index (χ1n) is 8.68. The summed E-state index contributed by atoms with van der Waals surface area (Å²) >= 11 is 0. The molecular weight excluding hydrogens is 349 g/mol. The van der Waals surface area contributed by atoms with Gasteiger partial charge in [-0.3, -0.25) is 0 Å². The van der Waals surface area contributed by atoms with Gasteiger partial charge >= 0.3 is 0 Å². The summed E-state index contributed by atoms with van der Waals surface area (Å²) in [5, 5.41) is 9.82. The largest absolute Gasteiger partial charge is 0.344 e. The van der Waals surface area contributed by atoms with E-state index >= 15 is 0 Å². The zero-order chi connectivity index (χ0) is 18.8. The number of fused-ring (bicyclic) bond motifs is 1. The minimum atomic E-state index is -0.467. The Kier molecular flexibility index (Phi) is 4.63. The molecule has 140 valence electrons. The van der Waals surface area contributed by atoms with Crippen LogP contribution >= 0.6 is 0 Å². The van der Waals surface area contributed by atoms with Crippen LogP contribution in [0.15, 0.2) is 24.9 Å². The fraction of sp³-hybridized carbons (Fsp3) is 0.353. The fourth-order valence-corrected chi connectivity index (χ4v) is 2.91. The molecule has 1 aliphatic heterocycles. The van der Waals surface area contributed by atoms with Gasteiger partial charge in [0.2, 0.25) is 5.95 Å². The van der Waals surface area contributed by atoms with Crippen molar-refractivity contribution in [1.29, 1.82) is 0 Å². The number of hydrogen-bond donors (Lipinski definition) is 3. The predicted octanol–water partition coefficient (Wildman–Crippen LogP) is 1.70. The third kappa shape index (κ3) is 3.85. The van der Waals surface area contributed by atoms with Crippen molar-refractivity contribution in [3.63, 3.8) is 0 Å². The van der Waals surface area contributed by atoms with Crippen LogP contribution in [-0.4, -0.2) is 36.0 Å². The first-order valence-corrected chi connectivity index (χ1v) is 8.68. The second-order valence-electron chi connectivity index (χ2n) is 6.42. The molecule has 0 aromatic carbocycles. The summed E-state index contributed by atoms with van der Waals surface area (Å²) in [7, 11) is 1.91. The Labute approximate surface area is 155 Å². The van der Waals surface area contributed by atoms with Crippen LogP contribution in [0.4, 0.5) is 22.0 Å². The summed E-state index contributed by atoms with van der Waals surface area (Å²) in [5.41, 5.74) is 2.01. The summed E-state index contributed by atoms with van der Waals surface area (Å²) < 4.78 is 14.9. The van der Waals surface area contributed by atoms with Crippen molar-refractivity contribution in [2.24, 2.45) is 7.05 Å². The van der Waals surface area contributed by atoms with Crippen molar-refractivity contribution >= 4 is 17.6 Å². The van der Waals surface area contributed by atoms with E-state index in [-0.39, 0.29) is 6.04 Å². The maximum absolute atomic E-state index is 13.0. The summed E-state index contributed by atoms with van der Waals surface area (Å²) in [5.74, 6) is 1.89. The van der Waals surface area contributed by atoms with Gasteiger partial charge in [-0.15, -0.1) is 0 Å². The average Bonchev–Trinajstić information content (AvgIpc) is 3.07.